The Balaban J connectivity index is 0.905. The Hall–Kier alpha value is -4.56. The molecule has 0 bridgehead atoms. The van der Waals surface area contributed by atoms with Gasteiger partial charge in [0.25, 0.3) is 0 Å². The van der Waals surface area contributed by atoms with Gasteiger partial charge in [-0.1, -0.05) is 109 Å². The van der Waals surface area contributed by atoms with Gasteiger partial charge in [-0.2, -0.15) is 0 Å². The van der Waals surface area contributed by atoms with E-state index in [1.165, 1.54) is 50.4 Å². The smallest absolute Gasteiger partial charge is 0.127 e. The SMILES string of the molecule is [2H]C1=C([2H])C([2H])[C@@H]([2H])C(C2=CCC(N(C3=CCC(C4=CC5C6=C(OC5C=C4)C(C4C=CC=CC4)=CCC6)C=C3)C3=CC=C(C4=CC5=C(C=CCC5)CC4)CC3)C=C2)C1[2H]. The molecule has 9 atom stereocenters. The van der Waals surface area contributed by atoms with Gasteiger partial charge in [-0.25, -0.2) is 0 Å². The molecule has 2 nitrogen and oxygen atoms in total. The van der Waals surface area contributed by atoms with E-state index >= 15 is 0 Å². The van der Waals surface area contributed by atoms with Crippen LogP contribution >= 0.6 is 0 Å². The summed E-state index contributed by atoms with van der Waals surface area (Å²) in [6.07, 6.45) is 52.1. The molecule has 0 N–H and O–H groups in total. The third-order valence-corrected chi connectivity index (χ3v) is 13.1. The molecule has 9 aliphatic carbocycles. The van der Waals surface area contributed by atoms with Crippen molar-refractivity contribution in [1.82, 2.24) is 4.90 Å². The summed E-state index contributed by atoms with van der Waals surface area (Å²) in [4.78, 5) is 2.52. The van der Waals surface area contributed by atoms with Gasteiger partial charge < -0.3 is 9.64 Å². The molecule has 8 unspecified atom stereocenters. The molecule has 10 rings (SSSR count). The molecule has 0 aromatic heterocycles. The highest BCUT2D eigenvalue weighted by molar-refractivity contribution is 5.51. The number of nitrogens with zero attached hydrogens (tertiary/aromatic N) is 1. The van der Waals surface area contributed by atoms with E-state index in [1.807, 2.05) is 0 Å². The Labute approximate surface area is 330 Å². The van der Waals surface area contributed by atoms with E-state index in [1.54, 1.807) is 0 Å². The first kappa shape index (κ1) is 28.8. The van der Waals surface area contributed by atoms with Gasteiger partial charge >= 0.3 is 0 Å². The minimum absolute atomic E-state index is 0.0585. The second kappa shape index (κ2) is 14.9. The lowest BCUT2D eigenvalue weighted by Gasteiger charge is -2.39. The van der Waals surface area contributed by atoms with E-state index in [2.05, 4.69) is 120 Å². The molecule has 0 saturated carbocycles. The zero-order valence-electron chi connectivity index (χ0n) is 36.3. The van der Waals surface area contributed by atoms with E-state index in [4.69, 9.17) is 11.6 Å². The Morgan fingerprint density at radius 1 is 0.722 bits per heavy atom. The number of ether oxygens (including phenoxy) is 1. The summed E-state index contributed by atoms with van der Waals surface area (Å²) in [5.41, 5.74) is 13.6. The molecule has 0 aromatic carbocycles. The van der Waals surface area contributed by atoms with E-state index < -0.39 is 25.1 Å². The van der Waals surface area contributed by atoms with Crippen molar-refractivity contribution in [1.29, 1.82) is 0 Å². The van der Waals surface area contributed by atoms with Crippen LogP contribution in [0.5, 0.6) is 0 Å². The van der Waals surface area contributed by atoms with Crippen LogP contribution in [0, 0.1) is 23.7 Å². The minimum Gasteiger partial charge on any atom is -0.485 e. The van der Waals surface area contributed by atoms with Crippen molar-refractivity contribution in [2.75, 3.05) is 0 Å². The molecule has 54 heavy (non-hydrogen) atoms. The molecule has 0 radical (unpaired) electrons. The van der Waals surface area contributed by atoms with Gasteiger partial charge in [-0.15, -0.1) is 0 Å². The van der Waals surface area contributed by atoms with Crippen LogP contribution in [0.1, 0.15) is 96.7 Å². The summed E-state index contributed by atoms with van der Waals surface area (Å²) in [6, 6.07) is -0.246. The Bertz CT molecular complexity index is 2310. The molecule has 0 saturated heterocycles. The van der Waals surface area contributed by atoms with Crippen LogP contribution in [0.15, 0.2) is 189 Å². The minimum atomic E-state index is -1.10. The maximum Gasteiger partial charge on any atom is 0.127 e. The lowest BCUT2D eigenvalue weighted by Crippen LogP contribution is -2.34. The number of fused-ring (bicyclic) bond motifs is 2. The van der Waals surface area contributed by atoms with Crippen LogP contribution in [0.4, 0.5) is 0 Å². The van der Waals surface area contributed by atoms with E-state index in [0.29, 0.717) is 24.2 Å². The predicted molar refractivity (Wildman–Crippen MR) is 224 cm³/mol. The average molecular weight is 715 g/mol. The third-order valence-electron chi connectivity index (χ3n) is 13.1. The molecule has 1 aliphatic heterocycles. The summed E-state index contributed by atoms with van der Waals surface area (Å²) in [5.74, 6) is 1.55. The molecule has 274 valence electrons. The lowest BCUT2D eigenvalue weighted by molar-refractivity contribution is 0.167. The van der Waals surface area contributed by atoms with Gasteiger partial charge in [-0.05, 0) is 159 Å². The van der Waals surface area contributed by atoms with Crippen LogP contribution in [0.25, 0.3) is 0 Å². The van der Waals surface area contributed by atoms with Crippen molar-refractivity contribution >= 4 is 0 Å². The van der Waals surface area contributed by atoms with Gasteiger partial charge in [-0.3, -0.25) is 0 Å². The van der Waals surface area contributed by atoms with Crippen LogP contribution in [-0.4, -0.2) is 17.0 Å². The summed E-state index contributed by atoms with van der Waals surface area (Å²) < 4.78 is 49.1. The summed E-state index contributed by atoms with van der Waals surface area (Å²) in [7, 11) is 0. The largest absolute Gasteiger partial charge is 0.485 e. The Morgan fingerprint density at radius 3 is 2.54 bits per heavy atom. The van der Waals surface area contributed by atoms with E-state index in [-0.39, 0.29) is 24.2 Å². The third kappa shape index (κ3) is 6.61. The van der Waals surface area contributed by atoms with E-state index in [0.717, 1.165) is 75.5 Å². The highest BCUT2D eigenvalue weighted by Crippen LogP contribution is 2.48. The van der Waals surface area contributed by atoms with Crippen LogP contribution < -0.4 is 0 Å². The molecule has 1 heterocycles. The zero-order valence-corrected chi connectivity index (χ0v) is 31.3. The topological polar surface area (TPSA) is 12.5 Å². The molecular formula is C52H55NO. The van der Waals surface area contributed by atoms with Crippen molar-refractivity contribution in [3.8, 4) is 0 Å². The zero-order chi connectivity index (χ0) is 40.2. The molecule has 10 aliphatic rings. The summed E-state index contributed by atoms with van der Waals surface area (Å²) >= 11 is 0. The van der Waals surface area contributed by atoms with Crippen molar-refractivity contribution in [2.24, 2.45) is 23.7 Å². The average Bonchev–Trinajstić information content (AvgIpc) is 3.67. The number of hydrogen-bond acceptors (Lipinski definition) is 2. The van der Waals surface area contributed by atoms with E-state index in [9.17, 15) is 0 Å². The fraction of sp³-hybridized carbons (Fsp3) is 0.385. The monoisotopic (exact) mass is 714 g/mol. The fourth-order valence-corrected chi connectivity index (χ4v) is 10.2. The fourth-order valence-electron chi connectivity index (χ4n) is 10.2. The second-order valence-electron chi connectivity index (χ2n) is 16.3. The number of allylic oxidation sites excluding steroid dienone is 25. The van der Waals surface area contributed by atoms with Crippen LogP contribution in [0.3, 0.4) is 0 Å². The molecule has 0 aromatic rings. The first-order valence-corrected chi connectivity index (χ1v) is 20.6. The molecule has 0 spiro atoms. The molecule has 2 heteroatoms. The Kier molecular flexibility index (Phi) is 7.97. The second-order valence-corrected chi connectivity index (χ2v) is 16.3. The predicted octanol–water partition coefficient (Wildman–Crippen LogP) is 12.9. The standard InChI is InChI=1S/C52H55NO/c1-3-10-36(11-4-1)38-20-27-45(28-21-38)53(46-29-22-39(23-30-46)43-19-18-37-12-7-8-15-42(37)34-43)47-31-24-40(25-32-47)44-26-33-51-50(35-44)49-17-9-16-48(52(49)54-51)41-13-5-2-6-14-41/h1-3,5-7,12-13,16,20-22,24,26-27,29,31-36,40-41,45,50-51H,4,8-11,14-15,17-19,23,25,28,30H2/i1D,3D,4D,10D,11D/t4?,10?,11-,36?,40?,41?,45?,50?,51?/m1/s1. The summed E-state index contributed by atoms with van der Waals surface area (Å²) in [6.45, 7) is 0. The molecule has 0 amide bonds. The first-order valence-electron chi connectivity index (χ1n) is 23.4. The first-order chi connectivity index (χ1) is 28.8. The van der Waals surface area contributed by atoms with Gasteiger partial charge in [0.2, 0.25) is 0 Å². The van der Waals surface area contributed by atoms with Gasteiger partial charge in [0, 0.05) is 33.3 Å². The number of rotatable bonds is 7. The van der Waals surface area contributed by atoms with Crippen LogP contribution in [0.2, 0.25) is 0 Å². The quantitative estimate of drug-likeness (QED) is 0.243. The van der Waals surface area contributed by atoms with Gasteiger partial charge in [0.05, 0.1) is 8.78 Å². The van der Waals surface area contributed by atoms with Crippen molar-refractivity contribution in [2.45, 2.75) is 102 Å². The lowest BCUT2D eigenvalue weighted by atomic mass is 9.78. The highest BCUT2D eigenvalue weighted by atomic mass is 16.5. The maximum atomic E-state index is 8.77. The van der Waals surface area contributed by atoms with Gasteiger partial charge in [0.1, 0.15) is 11.9 Å². The van der Waals surface area contributed by atoms with Crippen molar-refractivity contribution < 1.29 is 11.6 Å². The van der Waals surface area contributed by atoms with Crippen molar-refractivity contribution in [3.63, 3.8) is 0 Å². The Morgan fingerprint density at radius 2 is 1.69 bits per heavy atom. The number of hydrogen-bond donors (Lipinski definition) is 0. The normalized spacial score (nSPS) is 38.2. The highest BCUT2D eigenvalue weighted by Gasteiger charge is 2.39. The summed E-state index contributed by atoms with van der Waals surface area (Å²) in [5, 5.41) is 0. The molecular weight excluding hydrogens is 655 g/mol. The molecule has 0 fully saturated rings. The van der Waals surface area contributed by atoms with Gasteiger partial charge in [0.15, 0.2) is 0 Å². The maximum absolute atomic E-state index is 8.77. The van der Waals surface area contributed by atoms with Crippen molar-refractivity contribution in [3.05, 3.63) is 189 Å². The van der Waals surface area contributed by atoms with Crippen LogP contribution in [-0.2, 0) is 4.74 Å².